The number of nitrogens with two attached hydrogens (primary N) is 2. The van der Waals surface area contributed by atoms with Crippen LogP contribution in [0, 0.1) is 0 Å². The van der Waals surface area contributed by atoms with E-state index in [-0.39, 0.29) is 6.42 Å². The van der Waals surface area contributed by atoms with Crippen molar-refractivity contribution in [3.8, 4) is 0 Å². The summed E-state index contributed by atoms with van der Waals surface area (Å²) in [5.41, 5.74) is 11.8. The van der Waals surface area contributed by atoms with E-state index in [1.807, 2.05) is 0 Å². The third kappa shape index (κ3) is 4.68. The molecule has 0 aromatic carbocycles. The average molecular weight is 528 g/mol. The standard InChI is InChI=1S/C20H37N3O13/c1-23-7-2-5(21)9(26)15(10(7)27)33-19-17-16(11(28)8(4-25)32-19)35-20(36-17)18(31)13(30)12(29)14(34-20)6(22)3-24/h5-19,23-31H,2-4,21-22H2,1H3/t5-,6+,7+,8-,9+,10-,11+,12-,13+,14?,15-,16+,17+,18-,19+,20?/m1/s1. The van der Waals surface area contributed by atoms with Crippen LogP contribution in [0.1, 0.15) is 6.42 Å². The molecule has 36 heavy (non-hydrogen) atoms. The molecule has 1 saturated carbocycles. The molecule has 0 bridgehead atoms. The second-order valence-electron chi connectivity index (χ2n) is 9.72. The van der Waals surface area contributed by atoms with Gasteiger partial charge in [0.05, 0.1) is 31.5 Å². The van der Waals surface area contributed by atoms with E-state index in [4.69, 9.17) is 35.2 Å². The lowest BCUT2D eigenvalue weighted by Crippen LogP contribution is -2.69. The minimum atomic E-state index is -2.48. The van der Waals surface area contributed by atoms with E-state index >= 15 is 0 Å². The van der Waals surface area contributed by atoms with Gasteiger partial charge in [0.2, 0.25) is 0 Å². The zero-order valence-electron chi connectivity index (χ0n) is 19.6. The first-order chi connectivity index (χ1) is 17.0. The fraction of sp³-hybridized carbons (Fsp3) is 1.00. The highest BCUT2D eigenvalue weighted by molar-refractivity contribution is 5.05. The van der Waals surface area contributed by atoms with Crippen molar-refractivity contribution in [1.29, 1.82) is 0 Å². The van der Waals surface area contributed by atoms with Crippen LogP contribution in [0.15, 0.2) is 0 Å². The van der Waals surface area contributed by atoms with E-state index in [1.54, 1.807) is 7.05 Å². The van der Waals surface area contributed by atoms with Crippen LogP contribution in [0.5, 0.6) is 0 Å². The first-order valence-electron chi connectivity index (χ1n) is 11.8. The number of ether oxygens (including phenoxy) is 5. The fourth-order valence-corrected chi connectivity index (χ4v) is 5.23. The summed E-state index contributed by atoms with van der Waals surface area (Å²) in [5.74, 6) is -2.48. The van der Waals surface area contributed by atoms with Crippen LogP contribution in [-0.2, 0) is 23.7 Å². The molecule has 210 valence electrons. The zero-order chi connectivity index (χ0) is 26.5. The molecule has 16 heteroatoms. The van der Waals surface area contributed by atoms with Gasteiger partial charge in [-0.1, -0.05) is 0 Å². The maximum atomic E-state index is 10.7. The Balaban J connectivity index is 1.62. The summed E-state index contributed by atoms with van der Waals surface area (Å²) in [6.45, 7) is -1.33. The van der Waals surface area contributed by atoms with Crippen LogP contribution in [0.4, 0.5) is 0 Å². The van der Waals surface area contributed by atoms with Gasteiger partial charge in [0.15, 0.2) is 12.4 Å². The van der Waals surface area contributed by atoms with E-state index in [0.29, 0.717) is 0 Å². The number of fused-ring (bicyclic) bond motifs is 1. The number of aliphatic hydroxyl groups excluding tert-OH is 8. The van der Waals surface area contributed by atoms with E-state index in [0.717, 1.165) is 0 Å². The largest absolute Gasteiger partial charge is 0.395 e. The smallest absolute Gasteiger partial charge is 0.314 e. The van der Waals surface area contributed by atoms with Gasteiger partial charge < -0.3 is 81.3 Å². The Bertz CT molecular complexity index is 756. The van der Waals surface area contributed by atoms with Gasteiger partial charge in [0.1, 0.15) is 48.8 Å². The molecule has 4 aliphatic rings. The van der Waals surface area contributed by atoms with Crippen LogP contribution in [0.2, 0.25) is 0 Å². The lowest BCUT2D eigenvalue weighted by Gasteiger charge is -2.46. The molecule has 0 radical (unpaired) electrons. The third-order valence-corrected chi connectivity index (χ3v) is 7.42. The Kier molecular flexibility index (Phi) is 8.55. The van der Waals surface area contributed by atoms with Gasteiger partial charge in [0, 0.05) is 12.1 Å². The first-order valence-corrected chi connectivity index (χ1v) is 11.8. The van der Waals surface area contributed by atoms with Gasteiger partial charge in [-0.2, -0.15) is 0 Å². The van der Waals surface area contributed by atoms with Crippen molar-refractivity contribution in [3.05, 3.63) is 0 Å². The van der Waals surface area contributed by atoms with Crippen molar-refractivity contribution in [3.63, 3.8) is 0 Å². The molecular weight excluding hydrogens is 490 g/mol. The van der Waals surface area contributed by atoms with E-state index in [9.17, 15) is 40.9 Å². The lowest BCUT2D eigenvalue weighted by atomic mass is 9.84. The molecule has 16 nitrogen and oxygen atoms in total. The molecule has 0 amide bonds. The fourth-order valence-electron chi connectivity index (χ4n) is 5.23. The Hall–Kier alpha value is -0.640. The van der Waals surface area contributed by atoms with Gasteiger partial charge in [0.25, 0.3) is 0 Å². The quantitative estimate of drug-likeness (QED) is 0.153. The Labute approximate surface area is 206 Å². The monoisotopic (exact) mass is 527 g/mol. The van der Waals surface area contributed by atoms with Crippen LogP contribution in [0.3, 0.4) is 0 Å². The number of aliphatic hydroxyl groups is 8. The summed E-state index contributed by atoms with van der Waals surface area (Å²) in [6, 6.07) is -2.50. The molecule has 1 aliphatic carbocycles. The summed E-state index contributed by atoms with van der Waals surface area (Å²) in [6.07, 6.45) is -17.7. The maximum absolute atomic E-state index is 10.7. The van der Waals surface area contributed by atoms with Gasteiger partial charge in [-0.15, -0.1) is 0 Å². The Morgan fingerprint density at radius 1 is 0.944 bits per heavy atom. The molecule has 13 N–H and O–H groups in total. The predicted octanol–water partition coefficient (Wildman–Crippen LogP) is -7.27. The molecule has 3 heterocycles. The van der Waals surface area contributed by atoms with E-state index in [2.05, 4.69) is 5.32 Å². The van der Waals surface area contributed by atoms with Gasteiger partial charge >= 0.3 is 5.97 Å². The summed E-state index contributed by atoms with van der Waals surface area (Å²) in [5, 5.41) is 85.6. The highest BCUT2D eigenvalue weighted by Crippen LogP contribution is 2.45. The summed E-state index contributed by atoms with van der Waals surface area (Å²) >= 11 is 0. The van der Waals surface area contributed by atoms with E-state index in [1.165, 1.54) is 0 Å². The van der Waals surface area contributed by atoms with Crippen molar-refractivity contribution in [2.45, 2.75) is 104 Å². The number of likely N-dealkylation sites (N-methyl/N-ethyl adjacent to an activating group) is 1. The summed E-state index contributed by atoms with van der Waals surface area (Å²) in [4.78, 5) is 0. The summed E-state index contributed by atoms with van der Waals surface area (Å²) in [7, 11) is 1.60. The SMILES string of the molecule is CN[C@H]1C[C@@H](N)[C@H](O)[C@@H](O[C@@H]2O[C@H](CO)[C@H](O)[C@@H]3OC4(OC([C@@H](N)CO)[C@H](O)[C@H](O)[C@H]4O)O[C@H]23)[C@@H]1O. The molecule has 3 aliphatic heterocycles. The van der Waals surface area contributed by atoms with Gasteiger partial charge in [-0.05, 0) is 13.5 Å². The number of hydrogen-bond donors (Lipinski definition) is 11. The van der Waals surface area contributed by atoms with Gasteiger partial charge in [-0.25, -0.2) is 0 Å². The minimum Gasteiger partial charge on any atom is -0.395 e. The third-order valence-electron chi connectivity index (χ3n) is 7.42. The maximum Gasteiger partial charge on any atom is 0.314 e. The molecule has 4 fully saturated rings. The van der Waals surface area contributed by atoms with Crippen LogP contribution < -0.4 is 16.8 Å². The number of nitrogens with one attached hydrogen (secondary N) is 1. The topological polar surface area (TPSA) is 272 Å². The Morgan fingerprint density at radius 2 is 1.61 bits per heavy atom. The molecule has 0 aromatic heterocycles. The van der Waals surface area contributed by atoms with Crippen LogP contribution in [0.25, 0.3) is 0 Å². The van der Waals surface area contributed by atoms with E-state index < -0.39 is 111 Å². The molecule has 16 atom stereocenters. The zero-order valence-corrected chi connectivity index (χ0v) is 19.6. The second-order valence-corrected chi connectivity index (χ2v) is 9.72. The predicted molar refractivity (Wildman–Crippen MR) is 115 cm³/mol. The highest BCUT2D eigenvalue weighted by atomic mass is 16.9. The first kappa shape index (κ1) is 28.4. The summed E-state index contributed by atoms with van der Waals surface area (Å²) < 4.78 is 28.7. The van der Waals surface area contributed by atoms with Crippen molar-refractivity contribution >= 4 is 0 Å². The van der Waals surface area contributed by atoms with Crippen LogP contribution >= 0.6 is 0 Å². The van der Waals surface area contributed by atoms with Crippen LogP contribution in [-0.4, -0.2) is 159 Å². The molecule has 3 saturated heterocycles. The average Bonchev–Trinajstić information content (AvgIpc) is 3.27. The second kappa shape index (κ2) is 10.9. The van der Waals surface area contributed by atoms with Crippen molar-refractivity contribution < 1.29 is 64.5 Å². The molecule has 2 unspecified atom stereocenters. The minimum absolute atomic E-state index is 0.254. The van der Waals surface area contributed by atoms with Crippen molar-refractivity contribution in [2.75, 3.05) is 20.3 Å². The molecule has 1 spiro atoms. The van der Waals surface area contributed by atoms with Crippen molar-refractivity contribution in [1.82, 2.24) is 5.32 Å². The lowest BCUT2D eigenvalue weighted by molar-refractivity contribution is -0.439. The number of rotatable bonds is 6. The molecule has 4 rings (SSSR count). The normalized spacial score (nSPS) is 54.4. The number of hydrogen-bond acceptors (Lipinski definition) is 16. The van der Waals surface area contributed by atoms with Crippen molar-refractivity contribution in [2.24, 2.45) is 11.5 Å². The molecular formula is C20H37N3O13. The highest BCUT2D eigenvalue weighted by Gasteiger charge is 2.67. The molecule has 0 aromatic rings. The Morgan fingerprint density at radius 3 is 2.22 bits per heavy atom. The van der Waals surface area contributed by atoms with Gasteiger partial charge in [-0.3, -0.25) is 0 Å².